The molecule has 0 fully saturated rings. The SMILES string of the molecule is CCc1cc(N(CC)/C(=C/C(=O)O)C(=O)O)c(CC)c(Cl)c1F. The van der Waals surface area contributed by atoms with Crippen molar-refractivity contribution in [1.29, 1.82) is 0 Å². The molecule has 0 radical (unpaired) electrons. The van der Waals surface area contributed by atoms with E-state index in [9.17, 15) is 19.1 Å². The standard InChI is InChI=1S/C16H19ClFNO4/c1-4-9-7-11(10(5-2)14(17)15(9)18)19(6-3)12(16(22)23)8-13(20)21/h7-8H,4-6H2,1-3H3,(H,20,21)(H,22,23)/b12-8+. The number of benzene rings is 1. The van der Waals surface area contributed by atoms with Crippen LogP contribution in [-0.2, 0) is 22.4 Å². The van der Waals surface area contributed by atoms with Crippen LogP contribution in [-0.4, -0.2) is 28.7 Å². The zero-order valence-electron chi connectivity index (χ0n) is 13.2. The molecule has 0 unspecified atom stereocenters. The molecule has 1 rings (SSSR count). The van der Waals surface area contributed by atoms with E-state index in [1.807, 2.05) is 0 Å². The molecular weight excluding hydrogens is 325 g/mol. The maximum absolute atomic E-state index is 14.2. The molecule has 0 bridgehead atoms. The van der Waals surface area contributed by atoms with Crippen molar-refractivity contribution in [1.82, 2.24) is 0 Å². The summed E-state index contributed by atoms with van der Waals surface area (Å²) < 4.78 is 14.2. The first kappa shape index (κ1) is 19.0. The normalized spacial score (nSPS) is 11.4. The number of carboxylic acids is 2. The van der Waals surface area contributed by atoms with Crippen molar-refractivity contribution in [3.05, 3.63) is 39.8 Å². The Morgan fingerprint density at radius 2 is 1.87 bits per heavy atom. The number of nitrogens with zero attached hydrogens (tertiary/aromatic N) is 1. The number of hydrogen-bond donors (Lipinski definition) is 2. The summed E-state index contributed by atoms with van der Waals surface area (Å²) in [5.41, 5.74) is 0.800. The maximum atomic E-state index is 14.2. The van der Waals surface area contributed by atoms with Crippen molar-refractivity contribution in [2.45, 2.75) is 33.6 Å². The molecule has 5 nitrogen and oxygen atoms in total. The van der Waals surface area contributed by atoms with Gasteiger partial charge in [0.2, 0.25) is 0 Å². The van der Waals surface area contributed by atoms with Crippen molar-refractivity contribution in [2.75, 3.05) is 11.4 Å². The molecule has 0 heterocycles. The smallest absolute Gasteiger partial charge is 0.352 e. The fraction of sp³-hybridized carbons (Fsp3) is 0.375. The largest absolute Gasteiger partial charge is 0.478 e. The van der Waals surface area contributed by atoms with Gasteiger partial charge in [-0.2, -0.15) is 0 Å². The summed E-state index contributed by atoms with van der Waals surface area (Å²) in [6.07, 6.45) is 1.38. The van der Waals surface area contributed by atoms with E-state index in [4.69, 9.17) is 16.7 Å². The predicted molar refractivity (Wildman–Crippen MR) is 86.5 cm³/mol. The molecule has 0 spiro atoms. The summed E-state index contributed by atoms with van der Waals surface area (Å²) in [5, 5.41) is 18.2. The molecule has 0 saturated heterocycles. The highest BCUT2D eigenvalue weighted by molar-refractivity contribution is 6.32. The van der Waals surface area contributed by atoms with Crippen LogP contribution >= 0.6 is 11.6 Å². The maximum Gasteiger partial charge on any atom is 0.352 e. The second-order valence-electron chi connectivity index (χ2n) is 4.79. The average Bonchev–Trinajstić information content (AvgIpc) is 2.49. The van der Waals surface area contributed by atoms with Gasteiger partial charge in [0, 0.05) is 12.2 Å². The van der Waals surface area contributed by atoms with Crippen molar-refractivity contribution >= 4 is 29.2 Å². The molecule has 1 aromatic rings. The molecule has 0 saturated carbocycles. The first-order valence-corrected chi connectivity index (χ1v) is 7.61. The minimum Gasteiger partial charge on any atom is -0.478 e. The van der Waals surface area contributed by atoms with Gasteiger partial charge in [0.25, 0.3) is 0 Å². The van der Waals surface area contributed by atoms with E-state index in [0.29, 0.717) is 35.7 Å². The molecule has 0 aromatic heterocycles. The number of carboxylic acid groups (broad SMARTS) is 2. The lowest BCUT2D eigenvalue weighted by Gasteiger charge is -2.27. The number of aliphatic carboxylic acids is 2. The van der Waals surface area contributed by atoms with E-state index in [-0.39, 0.29) is 11.6 Å². The van der Waals surface area contributed by atoms with Crippen LogP contribution in [0.1, 0.15) is 31.9 Å². The lowest BCUT2D eigenvalue weighted by Crippen LogP contribution is -2.29. The zero-order valence-corrected chi connectivity index (χ0v) is 13.9. The van der Waals surface area contributed by atoms with Crippen molar-refractivity contribution in [3.8, 4) is 0 Å². The molecule has 126 valence electrons. The highest BCUT2D eigenvalue weighted by Crippen LogP contribution is 2.35. The number of hydrogen-bond acceptors (Lipinski definition) is 3. The van der Waals surface area contributed by atoms with Gasteiger partial charge in [-0.05, 0) is 37.0 Å². The summed E-state index contributed by atoms with van der Waals surface area (Å²) in [6, 6.07) is 1.53. The molecule has 23 heavy (non-hydrogen) atoms. The van der Waals surface area contributed by atoms with Crippen LogP contribution in [0.3, 0.4) is 0 Å². The topological polar surface area (TPSA) is 77.8 Å². The Morgan fingerprint density at radius 3 is 2.26 bits per heavy atom. The average molecular weight is 344 g/mol. The Balaban J connectivity index is 3.66. The third-order valence-corrected chi connectivity index (χ3v) is 3.87. The van der Waals surface area contributed by atoms with E-state index in [1.165, 1.54) is 11.0 Å². The van der Waals surface area contributed by atoms with Gasteiger partial charge < -0.3 is 15.1 Å². The van der Waals surface area contributed by atoms with Crippen LogP contribution in [0.15, 0.2) is 17.8 Å². The van der Waals surface area contributed by atoms with E-state index < -0.39 is 23.5 Å². The quantitative estimate of drug-likeness (QED) is 0.741. The predicted octanol–water partition coefficient (Wildman–Crippen LogP) is 3.48. The van der Waals surface area contributed by atoms with Crippen molar-refractivity contribution in [3.63, 3.8) is 0 Å². The lowest BCUT2D eigenvalue weighted by atomic mass is 10.0. The molecule has 0 amide bonds. The van der Waals surface area contributed by atoms with Crippen LogP contribution in [0.4, 0.5) is 10.1 Å². The molecular formula is C16H19ClFNO4. The van der Waals surface area contributed by atoms with E-state index >= 15 is 0 Å². The Bertz CT molecular complexity index is 658. The van der Waals surface area contributed by atoms with E-state index in [0.717, 1.165) is 0 Å². The second kappa shape index (κ2) is 7.97. The molecule has 0 aliphatic heterocycles. The minimum atomic E-state index is -1.38. The molecule has 0 aliphatic rings. The third-order valence-electron chi connectivity index (χ3n) is 3.47. The molecule has 7 heteroatoms. The van der Waals surface area contributed by atoms with Gasteiger partial charge in [-0.1, -0.05) is 25.4 Å². The summed E-state index contributed by atoms with van der Waals surface area (Å²) in [7, 11) is 0. The van der Waals surface area contributed by atoms with Crippen LogP contribution < -0.4 is 4.90 Å². The summed E-state index contributed by atoms with van der Waals surface area (Å²) in [5.74, 6) is -3.28. The number of aryl methyl sites for hydroxylation is 1. The van der Waals surface area contributed by atoms with Gasteiger partial charge >= 0.3 is 11.9 Å². The van der Waals surface area contributed by atoms with Crippen LogP contribution in [0.25, 0.3) is 0 Å². The second-order valence-corrected chi connectivity index (χ2v) is 5.16. The van der Waals surface area contributed by atoms with Gasteiger partial charge in [0.05, 0.1) is 11.1 Å². The molecule has 1 aromatic carbocycles. The summed E-state index contributed by atoms with van der Waals surface area (Å²) in [6.45, 7) is 5.40. The van der Waals surface area contributed by atoms with Crippen molar-refractivity contribution in [2.24, 2.45) is 0 Å². The number of anilines is 1. The molecule has 0 aliphatic carbocycles. The van der Waals surface area contributed by atoms with Crippen LogP contribution in [0, 0.1) is 5.82 Å². The number of likely N-dealkylation sites (N-methyl/N-ethyl adjacent to an activating group) is 1. The number of rotatable bonds is 7. The number of halogens is 2. The molecule has 0 atom stereocenters. The van der Waals surface area contributed by atoms with Gasteiger partial charge in [0.1, 0.15) is 11.5 Å². The fourth-order valence-corrected chi connectivity index (χ4v) is 2.73. The Kier molecular flexibility index (Phi) is 6.57. The van der Waals surface area contributed by atoms with Gasteiger partial charge in [-0.25, -0.2) is 14.0 Å². The molecule has 2 N–H and O–H groups in total. The third kappa shape index (κ3) is 4.01. The van der Waals surface area contributed by atoms with Gasteiger partial charge in [-0.3, -0.25) is 0 Å². The zero-order chi connectivity index (χ0) is 17.7. The Hall–Kier alpha value is -2.08. The number of carbonyl (C=O) groups is 2. The van der Waals surface area contributed by atoms with Crippen LogP contribution in [0.2, 0.25) is 5.02 Å². The van der Waals surface area contributed by atoms with E-state index in [1.54, 1.807) is 20.8 Å². The van der Waals surface area contributed by atoms with Crippen LogP contribution in [0.5, 0.6) is 0 Å². The van der Waals surface area contributed by atoms with Crippen molar-refractivity contribution < 1.29 is 24.2 Å². The summed E-state index contributed by atoms with van der Waals surface area (Å²) >= 11 is 6.09. The fourth-order valence-electron chi connectivity index (χ4n) is 2.38. The van der Waals surface area contributed by atoms with E-state index in [2.05, 4.69) is 0 Å². The minimum absolute atomic E-state index is 0.0552. The lowest BCUT2D eigenvalue weighted by molar-refractivity contribution is -0.135. The summed E-state index contributed by atoms with van der Waals surface area (Å²) in [4.78, 5) is 23.7. The first-order valence-electron chi connectivity index (χ1n) is 7.23. The monoisotopic (exact) mass is 343 g/mol. The highest BCUT2D eigenvalue weighted by Gasteiger charge is 2.24. The Labute approximate surface area is 139 Å². The highest BCUT2D eigenvalue weighted by atomic mass is 35.5. The van der Waals surface area contributed by atoms with Gasteiger partial charge in [0.15, 0.2) is 0 Å². The Morgan fingerprint density at radius 1 is 1.26 bits per heavy atom. The first-order chi connectivity index (χ1) is 10.8. The van der Waals surface area contributed by atoms with Gasteiger partial charge in [-0.15, -0.1) is 0 Å².